The predicted molar refractivity (Wildman–Crippen MR) is 92.0 cm³/mol. The van der Waals surface area contributed by atoms with Crippen molar-refractivity contribution in [3.63, 3.8) is 0 Å². The third kappa shape index (κ3) is 5.28. The van der Waals surface area contributed by atoms with Gasteiger partial charge in [0.2, 0.25) is 0 Å². The second kappa shape index (κ2) is 8.16. The van der Waals surface area contributed by atoms with E-state index in [1.54, 1.807) is 0 Å². The SMILES string of the molecule is CCCNC(C)c1ccc(Br)cc1OCCN(C)C1CC1. The first kappa shape index (κ1) is 16.8. The van der Waals surface area contributed by atoms with Gasteiger partial charge in [-0.05, 0) is 51.9 Å². The molecule has 0 aliphatic heterocycles. The number of likely N-dealkylation sites (N-methyl/N-ethyl adjacent to an activating group) is 1. The lowest BCUT2D eigenvalue weighted by molar-refractivity contribution is 0.229. The molecule has 0 amide bonds. The van der Waals surface area contributed by atoms with Crippen LogP contribution < -0.4 is 10.1 Å². The lowest BCUT2D eigenvalue weighted by Crippen LogP contribution is -2.26. The molecular weight excluding hydrogens is 328 g/mol. The van der Waals surface area contributed by atoms with Crippen molar-refractivity contribution in [2.45, 2.75) is 45.2 Å². The lowest BCUT2D eigenvalue weighted by atomic mass is 10.1. The van der Waals surface area contributed by atoms with Crippen molar-refractivity contribution >= 4 is 15.9 Å². The first-order valence-electron chi connectivity index (χ1n) is 7.97. The van der Waals surface area contributed by atoms with E-state index in [0.29, 0.717) is 6.04 Å². The Morgan fingerprint density at radius 1 is 1.43 bits per heavy atom. The van der Waals surface area contributed by atoms with Gasteiger partial charge in [-0.3, -0.25) is 0 Å². The minimum absolute atomic E-state index is 0.314. The Morgan fingerprint density at radius 3 is 2.86 bits per heavy atom. The van der Waals surface area contributed by atoms with Gasteiger partial charge >= 0.3 is 0 Å². The molecule has 1 aliphatic rings. The molecule has 1 aromatic rings. The summed E-state index contributed by atoms with van der Waals surface area (Å²) in [5.41, 5.74) is 1.24. The molecule has 1 N–H and O–H groups in total. The first-order valence-corrected chi connectivity index (χ1v) is 8.77. The molecule has 2 rings (SSSR count). The summed E-state index contributed by atoms with van der Waals surface area (Å²) in [6.45, 7) is 7.15. The predicted octanol–water partition coefficient (Wildman–Crippen LogP) is 3.98. The molecule has 21 heavy (non-hydrogen) atoms. The molecule has 0 radical (unpaired) electrons. The summed E-state index contributed by atoms with van der Waals surface area (Å²) in [5.74, 6) is 0.990. The molecule has 0 heterocycles. The van der Waals surface area contributed by atoms with Gasteiger partial charge in [0.25, 0.3) is 0 Å². The maximum Gasteiger partial charge on any atom is 0.125 e. The van der Waals surface area contributed by atoms with E-state index >= 15 is 0 Å². The fourth-order valence-corrected chi connectivity index (χ4v) is 2.80. The van der Waals surface area contributed by atoms with Gasteiger partial charge in [-0.15, -0.1) is 0 Å². The summed E-state index contributed by atoms with van der Waals surface area (Å²) in [6, 6.07) is 7.42. The first-order chi connectivity index (χ1) is 10.1. The maximum absolute atomic E-state index is 6.06. The average molecular weight is 355 g/mol. The molecule has 1 unspecified atom stereocenters. The van der Waals surface area contributed by atoms with Gasteiger partial charge in [-0.25, -0.2) is 0 Å². The third-order valence-corrected chi connectivity index (χ3v) is 4.51. The van der Waals surface area contributed by atoms with Gasteiger partial charge in [0.15, 0.2) is 0 Å². The second-order valence-corrected chi connectivity index (χ2v) is 6.83. The van der Waals surface area contributed by atoms with Crippen LogP contribution in [-0.4, -0.2) is 37.7 Å². The van der Waals surface area contributed by atoms with Crippen LogP contribution in [0.3, 0.4) is 0 Å². The largest absolute Gasteiger partial charge is 0.492 e. The maximum atomic E-state index is 6.06. The summed E-state index contributed by atoms with van der Waals surface area (Å²) in [4.78, 5) is 2.40. The van der Waals surface area contributed by atoms with E-state index in [-0.39, 0.29) is 0 Å². The number of halogens is 1. The number of hydrogen-bond acceptors (Lipinski definition) is 3. The van der Waals surface area contributed by atoms with Crippen molar-refractivity contribution in [2.75, 3.05) is 26.7 Å². The third-order valence-electron chi connectivity index (χ3n) is 4.01. The van der Waals surface area contributed by atoms with Crippen molar-refractivity contribution in [3.05, 3.63) is 28.2 Å². The molecule has 0 saturated heterocycles. The number of rotatable bonds is 9. The van der Waals surface area contributed by atoms with Gasteiger partial charge in [0, 0.05) is 28.7 Å². The van der Waals surface area contributed by atoms with Gasteiger partial charge in [0.1, 0.15) is 12.4 Å². The topological polar surface area (TPSA) is 24.5 Å². The zero-order valence-corrected chi connectivity index (χ0v) is 14.9. The van der Waals surface area contributed by atoms with Gasteiger partial charge in [0.05, 0.1) is 0 Å². The van der Waals surface area contributed by atoms with E-state index in [0.717, 1.165) is 42.4 Å². The van der Waals surface area contributed by atoms with E-state index in [1.807, 2.05) is 0 Å². The molecule has 0 aromatic heterocycles. The van der Waals surface area contributed by atoms with Crippen LogP contribution in [0.2, 0.25) is 0 Å². The average Bonchev–Trinajstić information content (AvgIpc) is 3.29. The van der Waals surface area contributed by atoms with Crippen LogP contribution in [0.15, 0.2) is 22.7 Å². The minimum Gasteiger partial charge on any atom is -0.492 e. The van der Waals surface area contributed by atoms with Crippen molar-refractivity contribution in [2.24, 2.45) is 0 Å². The summed E-state index contributed by atoms with van der Waals surface area (Å²) >= 11 is 3.54. The summed E-state index contributed by atoms with van der Waals surface area (Å²) < 4.78 is 7.12. The molecule has 3 nitrogen and oxygen atoms in total. The van der Waals surface area contributed by atoms with Crippen LogP contribution in [0.1, 0.15) is 44.7 Å². The van der Waals surface area contributed by atoms with Crippen LogP contribution in [0, 0.1) is 0 Å². The molecule has 1 saturated carbocycles. The Balaban J connectivity index is 1.93. The molecule has 4 heteroatoms. The Labute approximate surface area is 137 Å². The fourth-order valence-electron chi connectivity index (χ4n) is 2.46. The van der Waals surface area contributed by atoms with E-state index in [2.05, 4.69) is 65.2 Å². The Hall–Kier alpha value is -0.580. The fraction of sp³-hybridized carbons (Fsp3) is 0.647. The monoisotopic (exact) mass is 354 g/mol. The molecule has 0 bridgehead atoms. The van der Waals surface area contributed by atoms with Crippen molar-refractivity contribution in [1.29, 1.82) is 0 Å². The van der Waals surface area contributed by atoms with Crippen LogP contribution in [0.5, 0.6) is 5.75 Å². The van der Waals surface area contributed by atoms with Crippen LogP contribution in [0.25, 0.3) is 0 Å². The molecule has 1 atom stereocenters. The summed E-state index contributed by atoms with van der Waals surface area (Å²) in [6.07, 6.45) is 3.83. The van der Waals surface area contributed by atoms with Crippen molar-refractivity contribution in [1.82, 2.24) is 10.2 Å². The van der Waals surface area contributed by atoms with E-state index in [9.17, 15) is 0 Å². The van der Waals surface area contributed by atoms with Crippen molar-refractivity contribution in [3.8, 4) is 5.75 Å². The van der Waals surface area contributed by atoms with Crippen LogP contribution >= 0.6 is 15.9 Å². The molecular formula is C17H27BrN2O. The number of nitrogens with one attached hydrogen (secondary N) is 1. The summed E-state index contributed by atoms with van der Waals surface area (Å²) in [5, 5.41) is 3.53. The normalized spacial score (nSPS) is 16.2. The molecule has 1 aliphatic carbocycles. The standard InChI is InChI=1S/C17H27BrN2O/c1-4-9-19-13(2)16-8-5-14(18)12-17(16)21-11-10-20(3)15-6-7-15/h5,8,12-13,15,19H,4,6-7,9-11H2,1-3H3. The molecule has 1 aromatic carbocycles. The van der Waals surface area contributed by atoms with Gasteiger partial charge < -0.3 is 15.0 Å². The number of benzene rings is 1. The minimum atomic E-state index is 0.314. The molecule has 118 valence electrons. The number of hydrogen-bond donors (Lipinski definition) is 1. The van der Waals surface area contributed by atoms with Gasteiger partial charge in [-0.1, -0.05) is 28.9 Å². The molecule has 0 spiro atoms. The van der Waals surface area contributed by atoms with E-state index in [1.165, 1.54) is 18.4 Å². The van der Waals surface area contributed by atoms with Crippen LogP contribution in [0.4, 0.5) is 0 Å². The highest BCUT2D eigenvalue weighted by molar-refractivity contribution is 9.10. The number of nitrogens with zero attached hydrogens (tertiary/aromatic N) is 1. The zero-order valence-electron chi connectivity index (χ0n) is 13.4. The Morgan fingerprint density at radius 2 is 2.19 bits per heavy atom. The Bertz CT molecular complexity index is 448. The van der Waals surface area contributed by atoms with E-state index < -0.39 is 0 Å². The number of ether oxygens (including phenoxy) is 1. The lowest BCUT2D eigenvalue weighted by Gasteiger charge is -2.20. The zero-order chi connectivity index (χ0) is 15.2. The highest BCUT2D eigenvalue weighted by Gasteiger charge is 2.25. The highest BCUT2D eigenvalue weighted by atomic mass is 79.9. The van der Waals surface area contributed by atoms with Gasteiger partial charge in [-0.2, -0.15) is 0 Å². The summed E-state index contributed by atoms with van der Waals surface area (Å²) in [7, 11) is 2.19. The molecule has 1 fully saturated rings. The highest BCUT2D eigenvalue weighted by Crippen LogP contribution is 2.29. The smallest absolute Gasteiger partial charge is 0.125 e. The quantitative estimate of drug-likeness (QED) is 0.725. The van der Waals surface area contributed by atoms with E-state index in [4.69, 9.17) is 4.74 Å². The van der Waals surface area contributed by atoms with Crippen LogP contribution in [-0.2, 0) is 0 Å². The Kier molecular flexibility index (Phi) is 6.52. The second-order valence-electron chi connectivity index (χ2n) is 5.92. The van der Waals surface area contributed by atoms with Crippen molar-refractivity contribution < 1.29 is 4.74 Å².